The number of hydrogen-bond donors (Lipinski definition) is 2. The lowest BCUT2D eigenvalue weighted by molar-refractivity contribution is 0.0944. The van der Waals surface area contributed by atoms with Gasteiger partial charge in [-0.25, -0.2) is 14.8 Å². The highest BCUT2D eigenvalue weighted by molar-refractivity contribution is 6.00. The highest BCUT2D eigenvalue weighted by Gasteiger charge is 2.21. The van der Waals surface area contributed by atoms with Crippen LogP contribution in [0.2, 0.25) is 0 Å². The molecule has 3 rings (SSSR count). The molecule has 0 bridgehead atoms. The van der Waals surface area contributed by atoms with Crippen molar-refractivity contribution in [1.82, 2.24) is 14.8 Å². The molecule has 0 aliphatic heterocycles. The van der Waals surface area contributed by atoms with Crippen molar-refractivity contribution in [2.24, 2.45) is 5.73 Å². The summed E-state index contributed by atoms with van der Waals surface area (Å²) in [6.07, 6.45) is 1.74. The number of pyridine rings is 1. The van der Waals surface area contributed by atoms with Crippen LogP contribution in [0, 0.1) is 6.92 Å². The van der Waals surface area contributed by atoms with Crippen molar-refractivity contribution in [3.8, 4) is 0 Å². The fourth-order valence-corrected chi connectivity index (χ4v) is 2.37. The largest absolute Gasteiger partial charge is 0.350 e. The maximum absolute atomic E-state index is 12.6. The number of urea groups is 1. The van der Waals surface area contributed by atoms with Crippen LogP contribution in [0.3, 0.4) is 0 Å². The first-order chi connectivity index (χ1) is 11.1. The van der Waals surface area contributed by atoms with Crippen molar-refractivity contribution >= 4 is 23.3 Å². The number of imidazole rings is 1. The first kappa shape index (κ1) is 14.6. The number of aryl methyl sites for hydroxylation is 1. The topological polar surface area (TPSA) is 92.7 Å². The third kappa shape index (κ3) is 2.71. The minimum atomic E-state index is -0.781. The van der Waals surface area contributed by atoms with Gasteiger partial charge in [-0.2, -0.15) is 0 Å². The number of carbonyl (C=O) groups excluding carboxylic acids is 2. The second-order valence-corrected chi connectivity index (χ2v) is 4.92. The number of nitrogens with zero attached hydrogens (tertiary/aromatic N) is 3. The minimum absolute atomic E-state index is 0.350. The Balaban J connectivity index is 1.96. The molecule has 7 nitrogen and oxygen atoms in total. The molecule has 0 spiro atoms. The monoisotopic (exact) mass is 309 g/mol. The fourth-order valence-electron chi connectivity index (χ4n) is 2.37. The third-order valence-electron chi connectivity index (χ3n) is 3.37. The zero-order valence-electron chi connectivity index (χ0n) is 12.4. The molecule has 7 heteroatoms. The van der Waals surface area contributed by atoms with Gasteiger partial charge >= 0.3 is 6.03 Å². The van der Waals surface area contributed by atoms with Crippen LogP contribution in [-0.4, -0.2) is 21.3 Å². The van der Waals surface area contributed by atoms with Gasteiger partial charge in [-0.15, -0.1) is 0 Å². The number of hydrogen-bond acceptors (Lipinski definition) is 3. The maximum atomic E-state index is 12.6. The van der Waals surface area contributed by atoms with Crippen molar-refractivity contribution in [1.29, 1.82) is 0 Å². The Morgan fingerprint density at radius 2 is 1.83 bits per heavy atom. The predicted octanol–water partition coefficient (Wildman–Crippen LogP) is 1.87. The number of fused-ring (bicyclic) bond motifs is 1. The van der Waals surface area contributed by atoms with Gasteiger partial charge in [-0.3, -0.25) is 14.6 Å². The molecule has 0 fully saturated rings. The van der Waals surface area contributed by atoms with E-state index in [9.17, 15) is 9.59 Å². The second-order valence-electron chi connectivity index (χ2n) is 4.92. The van der Waals surface area contributed by atoms with E-state index in [1.54, 1.807) is 60.0 Å². The Hall–Kier alpha value is -3.35. The number of rotatable bonds is 2. The van der Waals surface area contributed by atoms with Gasteiger partial charge in [0.05, 0.1) is 11.4 Å². The van der Waals surface area contributed by atoms with Crippen molar-refractivity contribution < 1.29 is 9.59 Å². The number of nitrogens with one attached hydrogen (secondary N) is 1. The van der Waals surface area contributed by atoms with Gasteiger partial charge in [-0.1, -0.05) is 24.3 Å². The summed E-state index contributed by atoms with van der Waals surface area (Å²) >= 11 is 0. The molecule has 0 radical (unpaired) electrons. The second kappa shape index (κ2) is 5.80. The van der Waals surface area contributed by atoms with E-state index in [2.05, 4.69) is 10.4 Å². The maximum Gasteiger partial charge on any atom is 0.338 e. The fraction of sp³-hybridized carbons (Fsp3) is 0.0625. The van der Waals surface area contributed by atoms with Gasteiger partial charge < -0.3 is 5.73 Å². The highest BCUT2D eigenvalue weighted by Crippen LogP contribution is 2.14. The Bertz CT molecular complexity index is 873. The van der Waals surface area contributed by atoms with Gasteiger partial charge in [0, 0.05) is 6.20 Å². The van der Waals surface area contributed by atoms with Crippen molar-refractivity contribution in [2.45, 2.75) is 6.92 Å². The van der Waals surface area contributed by atoms with Gasteiger partial charge in [0.1, 0.15) is 11.3 Å². The number of aromatic nitrogens is 2. The summed E-state index contributed by atoms with van der Waals surface area (Å²) in [6.45, 7) is 1.74. The van der Waals surface area contributed by atoms with Crippen LogP contribution in [0.25, 0.3) is 5.65 Å². The summed E-state index contributed by atoms with van der Waals surface area (Å²) in [6, 6.07) is 13.3. The number of carbonyl (C=O) groups is 2. The van der Waals surface area contributed by atoms with E-state index >= 15 is 0 Å². The number of anilines is 1. The van der Waals surface area contributed by atoms with Gasteiger partial charge in [0.2, 0.25) is 0 Å². The summed E-state index contributed by atoms with van der Waals surface area (Å²) in [7, 11) is 0. The van der Waals surface area contributed by atoms with Crippen LogP contribution in [0.5, 0.6) is 0 Å². The molecule has 0 unspecified atom stereocenters. The zero-order chi connectivity index (χ0) is 16.4. The minimum Gasteiger partial charge on any atom is -0.350 e. The molecule has 1 aromatic carbocycles. The zero-order valence-corrected chi connectivity index (χ0v) is 12.4. The molecule has 3 N–H and O–H groups in total. The summed E-state index contributed by atoms with van der Waals surface area (Å²) in [4.78, 5) is 28.6. The molecule has 23 heavy (non-hydrogen) atoms. The van der Waals surface area contributed by atoms with Crippen molar-refractivity contribution in [3.63, 3.8) is 0 Å². The Kier molecular flexibility index (Phi) is 3.68. The van der Waals surface area contributed by atoms with E-state index in [0.29, 0.717) is 22.7 Å². The molecule has 116 valence electrons. The molecule has 3 aromatic rings. The summed E-state index contributed by atoms with van der Waals surface area (Å²) in [5.41, 5.74) is 9.93. The van der Waals surface area contributed by atoms with E-state index in [1.807, 2.05) is 6.07 Å². The van der Waals surface area contributed by atoms with Crippen LogP contribution >= 0.6 is 0 Å². The van der Waals surface area contributed by atoms with Crippen LogP contribution < -0.4 is 16.2 Å². The van der Waals surface area contributed by atoms with Crippen LogP contribution in [0.15, 0.2) is 54.7 Å². The normalized spacial score (nSPS) is 10.5. The smallest absolute Gasteiger partial charge is 0.338 e. The molecule has 3 amide bonds. The molecular weight excluding hydrogens is 294 g/mol. The lowest BCUT2D eigenvalue weighted by Gasteiger charge is -2.21. The first-order valence-corrected chi connectivity index (χ1v) is 6.97. The quantitative estimate of drug-likeness (QED) is 0.708. The average Bonchev–Trinajstić information content (AvgIpc) is 2.88. The van der Waals surface area contributed by atoms with Crippen molar-refractivity contribution in [3.05, 3.63) is 66.1 Å². The summed E-state index contributed by atoms with van der Waals surface area (Å²) in [5, 5.41) is 1.00. The Labute approximate surface area is 132 Å². The van der Waals surface area contributed by atoms with Crippen LogP contribution in [-0.2, 0) is 0 Å². The van der Waals surface area contributed by atoms with E-state index in [1.165, 1.54) is 0 Å². The number of benzene rings is 1. The lowest BCUT2D eigenvalue weighted by Crippen LogP contribution is -2.49. The molecule has 2 heterocycles. The standard InChI is InChI=1S/C16H15N5O2/c1-11-14(20-10-6-5-9-13(20)18-11)15(22)19-21(16(17)23)12-7-3-2-4-8-12/h2-10H,1H3,(H2,17,23)(H,19,22). The summed E-state index contributed by atoms with van der Waals surface area (Å²) in [5.74, 6) is -0.469. The van der Waals surface area contributed by atoms with Gasteiger partial charge in [0.25, 0.3) is 5.91 Å². The lowest BCUT2D eigenvalue weighted by atomic mass is 10.3. The average molecular weight is 309 g/mol. The van der Waals surface area contributed by atoms with E-state index in [4.69, 9.17) is 5.73 Å². The number of nitrogens with two attached hydrogens (primary N) is 1. The molecule has 0 aliphatic rings. The van der Waals surface area contributed by atoms with Gasteiger partial charge in [0.15, 0.2) is 0 Å². The molecule has 0 saturated heterocycles. The highest BCUT2D eigenvalue weighted by atomic mass is 16.2. The SMILES string of the molecule is Cc1nc2ccccn2c1C(=O)NN(C(N)=O)c1ccccc1. The van der Waals surface area contributed by atoms with E-state index in [-0.39, 0.29) is 0 Å². The number of hydrazine groups is 1. The number of primary amides is 1. The van der Waals surface area contributed by atoms with Gasteiger partial charge in [-0.05, 0) is 31.2 Å². The number of para-hydroxylation sites is 1. The van der Waals surface area contributed by atoms with Crippen LogP contribution in [0.4, 0.5) is 10.5 Å². The third-order valence-corrected chi connectivity index (χ3v) is 3.37. The Morgan fingerprint density at radius 1 is 1.13 bits per heavy atom. The first-order valence-electron chi connectivity index (χ1n) is 6.97. The summed E-state index contributed by atoms with van der Waals surface area (Å²) < 4.78 is 1.66. The molecule has 0 aliphatic carbocycles. The van der Waals surface area contributed by atoms with E-state index < -0.39 is 11.9 Å². The molecule has 2 aromatic heterocycles. The van der Waals surface area contributed by atoms with Crippen LogP contribution in [0.1, 0.15) is 16.2 Å². The molecular formula is C16H15N5O2. The van der Waals surface area contributed by atoms with Crippen molar-refractivity contribution in [2.75, 3.05) is 5.01 Å². The molecule has 0 atom stereocenters. The van der Waals surface area contributed by atoms with E-state index in [0.717, 1.165) is 5.01 Å². The Morgan fingerprint density at radius 3 is 2.52 bits per heavy atom. The molecule has 0 saturated carbocycles. The predicted molar refractivity (Wildman–Crippen MR) is 85.9 cm³/mol. The number of amides is 3.